The molecule has 0 aromatic carbocycles. The average Bonchev–Trinajstić information content (AvgIpc) is 3.27. The second-order valence-electron chi connectivity index (χ2n) is 5.80. The standard InChI is InChI=1S/C15H24N4S/c1-4-16-13-11(3)15(18-14(17-13)12-5-6-12)19-7-8-20-9-10(19)2/h10,12H,4-9H2,1-3H3,(H,16,17,18). The Morgan fingerprint density at radius 1 is 1.35 bits per heavy atom. The van der Waals surface area contributed by atoms with Gasteiger partial charge in [0.25, 0.3) is 0 Å². The predicted molar refractivity (Wildman–Crippen MR) is 87.0 cm³/mol. The quantitative estimate of drug-likeness (QED) is 0.924. The summed E-state index contributed by atoms with van der Waals surface area (Å²) < 4.78 is 0. The van der Waals surface area contributed by atoms with Crippen LogP contribution in [0.25, 0.3) is 0 Å². The summed E-state index contributed by atoms with van der Waals surface area (Å²) in [6.45, 7) is 8.58. The van der Waals surface area contributed by atoms with Gasteiger partial charge in [-0.25, -0.2) is 9.97 Å². The first kappa shape index (κ1) is 14.0. The highest BCUT2D eigenvalue weighted by Crippen LogP contribution is 2.40. The van der Waals surface area contributed by atoms with E-state index in [9.17, 15) is 0 Å². The highest BCUT2D eigenvalue weighted by molar-refractivity contribution is 7.99. The molecule has 1 aromatic rings. The van der Waals surface area contributed by atoms with Gasteiger partial charge in [0.1, 0.15) is 17.5 Å². The van der Waals surface area contributed by atoms with Crippen LogP contribution in [0.2, 0.25) is 0 Å². The second-order valence-corrected chi connectivity index (χ2v) is 6.95. The molecule has 0 spiro atoms. The van der Waals surface area contributed by atoms with Gasteiger partial charge >= 0.3 is 0 Å². The molecule has 1 saturated carbocycles. The molecule has 0 amide bonds. The normalized spacial score (nSPS) is 22.9. The van der Waals surface area contributed by atoms with Crippen LogP contribution in [-0.2, 0) is 0 Å². The minimum Gasteiger partial charge on any atom is -0.370 e. The Bertz CT molecular complexity index is 487. The number of nitrogens with zero attached hydrogens (tertiary/aromatic N) is 3. The fourth-order valence-corrected chi connectivity index (χ4v) is 3.72. The van der Waals surface area contributed by atoms with Crippen molar-refractivity contribution in [2.45, 2.75) is 45.6 Å². The van der Waals surface area contributed by atoms with E-state index in [1.807, 2.05) is 11.8 Å². The number of rotatable bonds is 4. The first-order valence-corrected chi connectivity index (χ1v) is 8.83. The van der Waals surface area contributed by atoms with Crippen molar-refractivity contribution < 1.29 is 0 Å². The molecule has 2 aliphatic rings. The number of aromatic nitrogens is 2. The van der Waals surface area contributed by atoms with Gasteiger partial charge < -0.3 is 10.2 Å². The van der Waals surface area contributed by atoms with E-state index >= 15 is 0 Å². The molecular formula is C15H24N4S. The Hall–Kier alpha value is -0.970. The largest absolute Gasteiger partial charge is 0.370 e. The summed E-state index contributed by atoms with van der Waals surface area (Å²) in [6, 6.07) is 0.559. The fourth-order valence-electron chi connectivity index (χ4n) is 2.71. The third-order valence-corrected chi connectivity index (χ3v) is 5.25. The number of thioether (sulfide) groups is 1. The molecule has 1 aliphatic heterocycles. The van der Waals surface area contributed by atoms with E-state index in [0.717, 1.165) is 30.5 Å². The zero-order chi connectivity index (χ0) is 14.1. The molecule has 5 heteroatoms. The lowest BCUT2D eigenvalue weighted by Gasteiger charge is -2.35. The fraction of sp³-hybridized carbons (Fsp3) is 0.733. The van der Waals surface area contributed by atoms with Gasteiger partial charge in [-0.1, -0.05) is 0 Å². The summed E-state index contributed by atoms with van der Waals surface area (Å²) in [4.78, 5) is 12.1. The van der Waals surface area contributed by atoms with Crippen LogP contribution in [0, 0.1) is 6.92 Å². The van der Waals surface area contributed by atoms with Gasteiger partial charge in [0.2, 0.25) is 0 Å². The van der Waals surface area contributed by atoms with Crippen LogP contribution in [0.3, 0.4) is 0 Å². The summed E-state index contributed by atoms with van der Waals surface area (Å²) in [5.41, 5.74) is 1.20. The molecule has 2 fully saturated rings. The second kappa shape index (κ2) is 5.80. The number of hydrogen-bond acceptors (Lipinski definition) is 5. The van der Waals surface area contributed by atoms with Crippen molar-refractivity contribution in [1.82, 2.24) is 9.97 Å². The molecule has 110 valence electrons. The minimum atomic E-state index is 0.559. The SMILES string of the molecule is CCNc1nc(C2CC2)nc(N2CCSCC2C)c1C. The Morgan fingerprint density at radius 3 is 2.80 bits per heavy atom. The smallest absolute Gasteiger partial charge is 0.137 e. The van der Waals surface area contributed by atoms with Crippen LogP contribution in [0.1, 0.15) is 44.0 Å². The first-order valence-electron chi connectivity index (χ1n) is 7.67. The maximum atomic E-state index is 4.92. The summed E-state index contributed by atoms with van der Waals surface area (Å²) in [5, 5.41) is 3.41. The average molecular weight is 292 g/mol. The number of hydrogen-bond donors (Lipinski definition) is 1. The molecule has 2 heterocycles. The summed E-state index contributed by atoms with van der Waals surface area (Å²) in [7, 11) is 0. The van der Waals surface area contributed by atoms with Crippen molar-refractivity contribution in [3.05, 3.63) is 11.4 Å². The highest BCUT2D eigenvalue weighted by Gasteiger charge is 2.30. The van der Waals surface area contributed by atoms with E-state index < -0.39 is 0 Å². The summed E-state index contributed by atoms with van der Waals surface area (Å²) >= 11 is 2.04. The molecule has 0 radical (unpaired) electrons. The molecule has 4 nitrogen and oxygen atoms in total. The van der Waals surface area contributed by atoms with Gasteiger partial charge in [-0.05, 0) is 33.6 Å². The lowest BCUT2D eigenvalue weighted by atomic mass is 10.2. The van der Waals surface area contributed by atoms with E-state index in [1.54, 1.807) is 0 Å². The van der Waals surface area contributed by atoms with E-state index in [1.165, 1.54) is 29.9 Å². The zero-order valence-corrected chi connectivity index (χ0v) is 13.5. The maximum Gasteiger partial charge on any atom is 0.137 e. The lowest BCUT2D eigenvalue weighted by molar-refractivity contribution is 0.681. The van der Waals surface area contributed by atoms with Crippen LogP contribution < -0.4 is 10.2 Å². The van der Waals surface area contributed by atoms with E-state index in [-0.39, 0.29) is 0 Å². The molecule has 3 rings (SSSR count). The van der Waals surface area contributed by atoms with Crippen molar-refractivity contribution in [1.29, 1.82) is 0 Å². The van der Waals surface area contributed by atoms with Gasteiger partial charge in [-0.2, -0.15) is 11.8 Å². The third-order valence-electron chi connectivity index (χ3n) is 4.06. The number of anilines is 2. The van der Waals surface area contributed by atoms with E-state index in [4.69, 9.17) is 9.97 Å². The monoisotopic (exact) mass is 292 g/mol. The maximum absolute atomic E-state index is 4.92. The molecule has 1 aromatic heterocycles. The van der Waals surface area contributed by atoms with Crippen LogP contribution in [0.5, 0.6) is 0 Å². The van der Waals surface area contributed by atoms with Crippen molar-refractivity contribution in [3.8, 4) is 0 Å². The molecule has 1 N–H and O–H groups in total. The Balaban J connectivity index is 1.98. The molecule has 1 unspecified atom stereocenters. The Labute approximate surface area is 125 Å². The van der Waals surface area contributed by atoms with Gasteiger partial charge in [0, 0.05) is 42.1 Å². The van der Waals surface area contributed by atoms with Crippen molar-refractivity contribution >= 4 is 23.4 Å². The molecular weight excluding hydrogens is 268 g/mol. The van der Waals surface area contributed by atoms with Gasteiger partial charge in [0.15, 0.2) is 0 Å². The first-order chi connectivity index (χ1) is 9.70. The lowest BCUT2D eigenvalue weighted by Crippen LogP contribution is -2.41. The van der Waals surface area contributed by atoms with Crippen LogP contribution in [0.15, 0.2) is 0 Å². The minimum absolute atomic E-state index is 0.559. The Morgan fingerprint density at radius 2 is 2.15 bits per heavy atom. The van der Waals surface area contributed by atoms with Crippen molar-refractivity contribution in [2.75, 3.05) is 34.8 Å². The molecule has 1 aliphatic carbocycles. The molecule has 0 bridgehead atoms. The predicted octanol–water partition coefficient (Wildman–Crippen LogP) is 3.04. The third kappa shape index (κ3) is 2.73. The molecule has 1 atom stereocenters. The van der Waals surface area contributed by atoms with Gasteiger partial charge in [-0.3, -0.25) is 0 Å². The van der Waals surface area contributed by atoms with Gasteiger partial charge in [-0.15, -0.1) is 0 Å². The number of nitrogens with one attached hydrogen (secondary N) is 1. The summed E-state index contributed by atoms with van der Waals surface area (Å²) in [5.74, 6) is 6.23. The van der Waals surface area contributed by atoms with Crippen LogP contribution >= 0.6 is 11.8 Å². The Kier molecular flexibility index (Phi) is 4.06. The van der Waals surface area contributed by atoms with Crippen LogP contribution in [-0.4, -0.2) is 40.6 Å². The van der Waals surface area contributed by atoms with Crippen LogP contribution in [0.4, 0.5) is 11.6 Å². The van der Waals surface area contributed by atoms with Crippen molar-refractivity contribution in [2.24, 2.45) is 0 Å². The molecule has 1 saturated heterocycles. The highest BCUT2D eigenvalue weighted by atomic mass is 32.2. The van der Waals surface area contributed by atoms with E-state index in [2.05, 4.69) is 31.0 Å². The summed E-state index contributed by atoms with van der Waals surface area (Å²) in [6.07, 6.45) is 2.50. The topological polar surface area (TPSA) is 41.1 Å². The molecule has 20 heavy (non-hydrogen) atoms. The van der Waals surface area contributed by atoms with E-state index in [0.29, 0.717) is 12.0 Å². The van der Waals surface area contributed by atoms with Gasteiger partial charge in [0.05, 0.1) is 0 Å². The zero-order valence-electron chi connectivity index (χ0n) is 12.6. The van der Waals surface area contributed by atoms with Crippen molar-refractivity contribution in [3.63, 3.8) is 0 Å².